The summed E-state index contributed by atoms with van der Waals surface area (Å²) >= 11 is 0. The lowest BCUT2D eigenvalue weighted by atomic mass is 10.1. The van der Waals surface area contributed by atoms with Gasteiger partial charge in [0, 0.05) is 18.2 Å². The molecule has 174 valence electrons. The first-order chi connectivity index (χ1) is 15.7. The number of methoxy groups -OCH3 is 2. The van der Waals surface area contributed by atoms with Crippen LogP contribution in [0.1, 0.15) is 29.8 Å². The van der Waals surface area contributed by atoms with E-state index in [1.807, 2.05) is 44.2 Å². The van der Waals surface area contributed by atoms with Crippen LogP contribution in [-0.4, -0.2) is 36.2 Å². The van der Waals surface area contributed by atoms with Crippen LogP contribution in [0.25, 0.3) is 0 Å². The molecule has 2 aromatic carbocycles. The highest BCUT2D eigenvalue weighted by molar-refractivity contribution is 6.07. The van der Waals surface area contributed by atoms with Crippen LogP contribution in [0.4, 0.5) is 11.5 Å². The number of nitrogens with two attached hydrogens (primary N) is 1. The van der Waals surface area contributed by atoms with Gasteiger partial charge in [0.1, 0.15) is 17.3 Å². The Hall–Kier alpha value is -4.01. The summed E-state index contributed by atoms with van der Waals surface area (Å²) in [7, 11) is 2.97. The molecule has 0 unspecified atom stereocenters. The second kappa shape index (κ2) is 10.1. The number of nitrogens with one attached hydrogen (secondary N) is 1. The van der Waals surface area contributed by atoms with Crippen molar-refractivity contribution in [1.29, 1.82) is 0 Å². The van der Waals surface area contributed by atoms with Crippen LogP contribution >= 0.6 is 0 Å². The third-order valence-electron chi connectivity index (χ3n) is 5.06. The van der Waals surface area contributed by atoms with Crippen molar-refractivity contribution in [3.63, 3.8) is 0 Å². The number of H-pyrrole nitrogens is 1. The van der Waals surface area contributed by atoms with Gasteiger partial charge in [0.15, 0.2) is 5.69 Å². The number of rotatable bonds is 8. The van der Waals surface area contributed by atoms with E-state index in [4.69, 9.17) is 15.2 Å². The smallest absolute Gasteiger partial charge is 0.330 e. The van der Waals surface area contributed by atoms with Gasteiger partial charge >= 0.3 is 5.69 Å². The molecule has 1 amide bonds. The molecule has 0 bridgehead atoms. The molecule has 3 aromatic rings. The zero-order chi connectivity index (χ0) is 24.1. The number of aromatic amines is 1. The molecule has 9 nitrogen and oxygen atoms in total. The molecule has 0 aliphatic carbocycles. The number of carbonyl (C=O) groups is 1. The average molecular weight is 453 g/mol. The van der Waals surface area contributed by atoms with Crippen LogP contribution in [0.2, 0.25) is 0 Å². The SMILES string of the molecule is COc1cc(OC)cc(C(=O)N(CC(C)C)c2c(N)n(Cc3ccccc3)c(=O)[nH]c2=O)c1. The second-order valence-corrected chi connectivity index (χ2v) is 7.98. The fourth-order valence-corrected chi connectivity index (χ4v) is 3.49. The third-order valence-corrected chi connectivity index (χ3v) is 5.06. The van der Waals surface area contributed by atoms with Gasteiger partial charge in [-0.15, -0.1) is 0 Å². The predicted molar refractivity (Wildman–Crippen MR) is 127 cm³/mol. The van der Waals surface area contributed by atoms with Gasteiger partial charge in [0.05, 0.1) is 20.8 Å². The normalized spacial score (nSPS) is 10.8. The summed E-state index contributed by atoms with van der Waals surface area (Å²) in [6.45, 7) is 4.18. The van der Waals surface area contributed by atoms with Crippen LogP contribution in [0.3, 0.4) is 0 Å². The summed E-state index contributed by atoms with van der Waals surface area (Å²) in [4.78, 5) is 42.6. The minimum atomic E-state index is -0.731. The van der Waals surface area contributed by atoms with E-state index < -0.39 is 17.2 Å². The number of nitrogens with zero attached hydrogens (tertiary/aromatic N) is 2. The first-order valence-electron chi connectivity index (χ1n) is 10.5. The van der Waals surface area contributed by atoms with Crippen molar-refractivity contribution < 1.29 is 14.3 Å². The summed E-state index contributed by atoms with van der Waals surface area (Å²) in [5.41, 5.74) is 5.96. The van der Waals surface area contributed by atoms with Crippen LogP contribution < -0.4 is 31.4 Å². The number of hydrogen-bond acceptors (Lipinski definition) is 6. The van der Waals surface area contributed by atoms with E-state index in [-0.39, 0.29) is 36.1 Å². The molecule has 3 rings (SSSR count). The molecule has 0 saturated heterocycles. The largest absolute Gasteiger partial charge is 0.497 e. The van der Waals surface area contributed by atoms with Crippen molar-refractivity contribution in [2.45, 2.75) is 20.4 Å². The molecule has 0 aliphatic rings. The Morgan fingerprint density at radius 1 is 1.06 bits per heavy atom. The van der Waals surface area contributed by atoms with Gasteiger partial charge in [-0.25, -0.2) is 4.79 Å². The van der Waals surface area contributed by atoms with Crippen LogP contribution in [0, 0.1) is 5.92 Å². The van der Waals surface area contributed by atoms with Crippen molar-refractivity contribution in [3.8, 4) is 11.5 Å². The van der Waals surface area contributed by atoms with Crippen molar-refractivity contribution in [2.24, 2.45) is 5.92 Å². The first kappa shape index (κ1) is 23.6. The molecule has 0 saturated carbocycles. The minimum absolute atomic E-state index is 0.00903. The quantitative estimate of drug-likeness (QED) is 0.542. The standard InChI is InChI=1S/C24H28N4O5/c1-15(2)13-27(23(30)17-10-18(32-3)12-19(11-17)33-4)20-21(25)28(24(31)26-22(20)29)14-16-8-6-5-7-9-16/h5-12,15H,13-14,25H2,1-4H3,(H,26,29,31). The molecular weight excluding hydrogens is 424 g/mol. The molecule has 1 heterocycles. The Morgan fingerprint density at radius 3 is 2.21 bits per heavy atom. The molecule has 0 spiro atoms. The summed E-state index contributed by atoms with van der Waals surface area (Å²) in [5, 5.41) is 0. The zero-order valence-corrected chi connectivity index (χ0v) is 19.1. The van der Waals surface area contributed by atoms with Gasteiger partial charge in [0.25, 0.3) is 11.5 Å². The van der Waals surface area contributed by atoms with E-state index in [0.717, 1.165) is 5.56 Å². The Morgan fingerprint density at radius 2 is 1.67 bits per heavy atom. The lowest BCUT2D eigenvalue weighted by molar-refractivity contribution is 0.0982. The minimum Gasteiger partial charge on any atom is -0.497 e. The number of benzene rings is 2. The molecule has 33 heavy (non-hydrogen) atoms. The second-order valence-electron chi connectivity index (χ2n) is 7.98. The third kappa shape index (κ3) is 5.25. The summed E-state index contributed by atoms with van der Waals surface area (Å²) in [6, 6.07) is 14.0. The van der Waals surface area contributed by atoms with E-state index >= 15 is 0 Å². The van der Waals surface area contributed by atoms with Crippen molar-refractivity contribution >= 4 is 17.4 Å². The fourth-order valence-electron chi connectivity index (χ4n) is 3.49. The van der Waals surface area contributed by atoms with E-state index in [1.165, 1.54) is 23.7 Å². The number of hydrogen-bond donors (Lipinski definition) is 2. The number of amides is 1. The van der Waals surface area contributed by atoms with Gasteiger partial charge in [-0.2, -0.15) is 0 Å². The van der Waals surface area contributed by atoms with Gasteiger partial charge in [0.2, 0.25) is 0 Å². The van der Waals surface area contributed by atoms with E-state index in [1.54, 1.807) is 18.2 Å². The highest BCUT2D eigenvalue weighted by Crippen LogP contribution is 2.26. The summed E-state index contributed by atoms with van der Waals surface area (Å²) in [6.07, 6.45) is 0. The maximum Gasteiger partial charge on any atom is 0.330 e. The van der Waals surface area contributed by atoms with E-state index in [0.29, 0.717) is 11.5 Å². The van der Waals surface area contributed by atoms with Gasteiger partial charge < -0.3 is 20.1 Å². The lowest BCUT2D eigenvalue weighted by Crippen LogP contribution is -2.42. The van der Waals surface area contributed by atoms with Crippen molar-refractivity contribution in [1.82, 2.24) is 9.55 Å². The van der Waals surface area contributed by atoms with Gasteiger partial charge in [-0.05, 0) is 23.6 Å². The van der Waals surface area contributed by atoms with Crippen molar-refractivity contribution in [3.05, 3.63) is 80.5 Å². The highest BCUT2D eigenvalue weighted by atomic mass is 16.5. The number of anilines is 2. The molecule has 9 heteroatoms. The number of carbonyl (C=O) groups excluding carboxylic acids is 1. The number of aromatic nitrogens is 2. The number of nitrogen functional groups attached to an aromatic ring is 1. The van der Waals surface area contributed by atoms with E-state index in [2.05, 4.69) is 4.98 Å². The highest BCUT2D eigenvalue weighted by Gasteiger charge is 2.27. The van der Waals surface area contributed by atoms with Crippen LogP contribution in [0.5, 0.6) is 11.5 Å². The summed E-state index contributed by atoms with van der Waals surface area (Å²) < 4.78 is 11.8. The molecule has 0 radical (unpaired) electrons. The van der Waals surface area contributed by atoms with Gasteiger partial charge in [-0.3, -0.25) is 19.1 Å². The Labute approximate surface area is 191 Å². The zero-order valence-electron chi connectivity index (χ0n) is 19.1. The van der Waals surface area contributed by atoms with E-state index in [9.17, 15) is 14.4 Å². The predicted octanol–water partition coefficient (Wildman–Crippen LogP) is 2.49. The Bertz CT molecular complexity index is 1230. The first-order valence-corrected chi connectivity index (χ1v) is 10.5. The molecule has 1 aromatic heterocycles. The van der Waals surface area contributed by atoms with Crippen LogP contribution in [-0.2, 0) is 6.54 Å². The molecular formula is C24H28N4O5. The number of ether oxygens (including phenoxy) is 2. The molecule has 0 aliphatic heterocycles. The maximum absolute atomic E-state index is 13.6. The van der Waals surface area contributed by atoms with Crippen LogP contribution in [0.15, 0.2) is 58.1 Å². The molecule has 0 atom stereocenters. The summed E-state index contributed by atoms with van der Waals surface area (Å²) in [5.74, 6) is 0.311. The molecule has 3 N–H and O–H groups in total. The average Bonchev–Trinajstić information content (AvgIpc) is 2.80. The lowest BCUT2D eigenvalue weighted by Gasteiger charge is -2.26. The molecule has 0 fully saturated rings. The maximum atomic E-state index is 13.6. The fraction of sp³-hybridized carbons (Fsp3) is 0.292. The monoisotopic (exact) mass is 452 g/mol. The topological polar surface area (TPSA) is 120 Å². The van der Waals surface area contributed by atoms with Crippen molar-refractivity contribution in [2.75, 3.05) is 31.4 Å². The van der Waals surface area contributed by atoms with Gasteiger partial charge in [-0.1, -0.05) is 44.2 Å². The Kier molecular flexibility index (Phi) is 7.22. The Balaban J connectivity index is 2.15.